The van der Waals surface area contributed by atoms with Crippen LogP contribution in [-0.4, -0.2) is 83.7 Å². The van der Waals surface area contributed by atoms with Crippen LogP contribution in [0.3, 0.4) is 0 Å². The van der Waals surface area contributed by atoms with Crippen LogP contribution in [0.25, 0.3) is 16.9 Å². The molecular weight excluding hydrogens is 498 g/mol. The number of hydrogen-bond donors (Lipinski definition) is 0. The Morgan fingerprint density at radius 2 is 1.38 bits per heavy atom. The molecule has 2 amide bonds. The second kappa shape index (κ2) is 12.3. The van der Waals surface area contributed by atoms with Crippen LogP contribution in [0.2, 0.25) is 0 Å². The molecule has 10 heteroatoms. The Morgan fingerprint density at radius 1 is 0.744 bits per heavy atom. The van der Waals surface area contributed by atoms with Crippen molar-refractivity contribution in [1.29, 1.82) is 0 Å². The Hall–Kier alpha value is -4.60. The molecule has 0 aliphatic carbocycles. The summed E-state index contributed by atoms with van der Waals surface area (Å²) < 4.78 is 17.7. The lowest BCUT2D eigenvalue weighted by atomic mass is 10.1. The number of amides is 2. The zero-order valence-electron chi connectivity index (χ0n) is 22.9. The maximum atomic E-state index is 13.3. The van der Waals surface area contributed by atoms with Gasteiger partial charge in [-0.3, -0.25) is 9.59 Å². The number of rotatable bonds is 6. The van der Waals surface area contributed by atoms with Gasteiger partial charge in [-0.25, -0.2) is 9.50 Å². The first-order chi connectivity index (χ1) is 19.0. The quantitative estimate of drug-likeness (QED) is 0.370. The zero-order valence-corrected chi connectivity index (χ0v) is 22.9. The van der Waals surface area contributed by atoms with E-state index in [-0.39, 0.29) is 11.8 Å². The Kier molecular flexibility index (Phi) is 8.65. The number of aromatic nitrogens is 3. The van der Waals surface area contributed by atoms with Crippen molar-refractivity contribution < 1.29 is 23.8 Å². The van der Waals surface area contributed by atoms with Gasteiger partial charge in [0.05, 0.1) is 32.6 Å². The molecule has 2 aromatic carbocycles. The normalized spacial score (nSPS) is 12.9. The lowest BCUT2D eigenvalue weighted by molar-refractivity contribution is 0.0530. The van der Waals surface area contributed by atoms with E-state index < -0.39 is 0 Å². The first kappa shape index (κ1) is 27.4. The number of piperazine rings is 1. The van der Waals surface area contributed by atoms with Crippen LogP contribution in [0.4, 0.5) is 0 Å². The Bertz CT molecular complexity index is 1460. The summed E-state index contributed by atoms with van der Waals surface area (Å²) in [5.41, 5.74) is 2.97. The number of para-hydroxylation sites is 1. The van der Waals surface area contributed by atoms with Crippen molar-refractivity contribution >= 4 is 17.5 Å². The van der Waals surface area contributed by atoms with Crippen molar-refractivity contribution in [3.63, 3.8) is 0 Å². The first-order valence-electron chi connectivity index (χ1n) is 12.8. The monoisotopic (exact) mass is 531 g/mol. The van der Waals surface area contributed by atoms with Crippen molar-refractivity contribution in [2.24, 2.45) is 0 Å². The van der Waals surface area contributed by atoms with Crippen molar-refractivity contribution in [3.8, 4) is 28.5 Å². The summed E-state index contributed by atoms with van der Waals surface area (Å²) in [6.45, 7) is 5.66. The van der Waals surface area contributed by atoms with Crippen molar-refractivity contribution in [3.05, 3.63) is 72.1 Å². The first-order valence-corrected chi connectivity index (χ1v) is 12.8. The summed E-state index contributed by atoms with van der Waals surface area (Å²) in [5, 5.41) is 4.58. The Balaban J connectivity index is 0.00000172. The van der Waals surface area contributed by atoms with Gasteiger partial charge < -0.3 is 24.0 Å². The summed E-state index contributed by atoms with van der Waals surface area (Å²) in [6, 6.07) is 16.2. The van der Waals surface area contributed by atoms with Crippen LogP contribution in [0.15, 0.2) is 60.8 Å². The van der Waals surface area contributed by atoms with E-state index in [1.54, 1.807) is 60.0 Å². The van der Waals surface area contributed by atoms with Crippen LogP contribution in [0.5, 0.6) is 17.2 Å². The van der Waals surface area contributed by atoms with E-state index in [2.05, 4.69) is 10.1 Å². The molecule has 3 heterocycles. The van der Waals surface area contributed by atoms with Gasteiger partial charge in [0, 0.05) is 44.0 Å². The predicted octanol–water partition coefficient (Wildman–Crippen LogP) is 4.05. The average molecular weight is 532 g/mol. The molecule has 0 atom stereocenters. The molecule has 2 aromatic heterocycles. The highest BCUT2D eigenvalue weighted by molar-refractivity contribution is 5.97. The zero-order chi connectivity index (χ0) is 27.9. The molecule has 1 aliphatic rings. The topological polar surface area (TPSA) is 98.5 Å². The molecule has 1 saturated heterocycles. The fraction of sp³-hybridized carbons (Fsp3) is 0.310. The van der Waals surface area contributed by atoms with Gasteiger partial charge >= 0.3 is 0 Å². The van der Waals surface area contributed by atoms with Crippen molar-refractivity contribution in [1.82, 2.24) is 24.4 Å². The molecular formula is C29H33N5O5. The highest BCUT2D eigenvalue weighted by Crippen LogP contribution is 2.32. The molecule has 204 valence electrons. The van der Waals surface area contributed by atoms with Gasteiger partial charge in [-0.05, 0) is 36.4 Å². The van der Waals surface area contributed by atoms with Gasteiger partial charge in [0.15, 0.2) is 22.8 Å². The number of carbonyl (C=O) groups is 2. The molecule has 4 aromatic rings. The number of carbonyl (C=O) groups excluding carboxylic acids is 2. The SMILES string of the molecule is CC.COc1ccc(-c2ccnc3cc(C(=O)N4CCN(C(=O)c5ccccc5OC)CC4)nn23)cc1OC. The lowest BCUT2D eigenvalue weighted by Crippen LogP contribution is -2.50. The summed E-state index contributed by atoms with van der Waals surface area (Å²) in [6.07, 6.45) is 1.68. The highest BCUT2D eigenvalue weighted by atomic mass is 16.5. The molecule has 0 bridgehead atoms. The van der Waals surface area contributed by atoms with E-state index in [0.29, 0.717) is 60.3 Å². The standard InChI is InChI=1S/C27H27N5O5.C2H6/c1-35-22-7-5-4-6-19(22)26(33)30-12-14-31(15-13-30)27(34)20-17-25-28-11-10-21(32(25)29-20)18-8-9-23(36-2)24(16-18)37-3;1-2/h4-11,16-17H,12-15H2,1-3H3;1-2H3. The number of fused-ring (bicyclic) bond motifs is 1. The minimum atomic E-state index is -0.201. The third-order valence-electron chi connectivity index (χ3n) is 6.45. The number of methoxy groups -OCH3 is 3. The molecule has 0 spiro atoms. The molecule has 0 unspecified atom stereocenters. The maximum absolute atomic E-state index is 13.3. The number of hydrogen-bond acceptors (Lipinski definition) is 7. The lowest BCUT2D eigenvalue weighted by Gasteiger charge is -2.34. The largest absolute Gasteiger partial charge is 0.496 e. The third-order valence-corrected chi connectivity index (χ3v) is 6.45. The van der Waals surface area contributed by atoms with Gasteiger partial charge in [-0.15, -0.1) is 0 Å². The number of benzene rings is 2. The van der Waals surface area contributed by atoms with E-state index in [1.165, 1.54) is 0 Å². The van der Waals surface area contributed by atoms with Crippen LogP contribution in [-0.2, 0) is 0 Å². The molecule has 0 N–H and O–H groups in total. The van der Waals surface area contributed by atoms with E-state index in [0.717, 1.165) is 11.3 Å². The van der Waals surface area contributed by atoms with E-state index >= 15 is 0 Å². The van der Waals surface area contributed by atoms with Gasteiger partial charge in [-0.1, -0.05) is 26.0 Å². The smallest absolute Gasteiger partial charge is 0.274 e. The fourth-order valence-electron chi connectivity index (χ4n) is 4.48. The second-order valence-electron chi connectivity index (χ2n) is 8.48. The Labute approximate surface area is 227 Å². The average Bonchev–Trinajstić information content (AvgIpc) is 3.45. The van der Waals surface area contributed by atoms with Crippen molar-refractivity contribution in [2.75, 3.05) is 47.5 Å². The summed E-state index contributed by atoms with van der Waals surface area (Å²) in [5.74, 6) is 1.44. The minimum Gasteiger partial charge on any atom is -0.496 e. The van der Waals surface area contributed by atoms with Crippen LogP contribution in [0.1, 0.15) is 34.7 Å². The highest BCUT2D eigenvalue weighted by Gasteiger charge is 2.28. The van der Waals surface area contributed by atoms with Gasteiger partial charge in [-0.2, -0.15) is 5.10 Å². The molecule has 39 heavy (non-hydrogen) atoms. The van der Waals surface area contributed by atoms with Gasteiger partial charge in [0.1, 0.15) is 5.75 Å². The maximum Gasteiger partial charge on any atom is 0.274 e. The summed E-state index contributed by atoms with van der Waals surface area (Å²) in [4.78, 5) is 34.2. The van der Waals surface area contributed by atoms with E-state index in [1.807, 2.05) is 50.2 Å². The third kappa shape index (κ3) is 5.50. The predicted molar refractivity (Wildman–Crippen MR) is 148 cm³/mol. The van der Waals surface area contributed by atoms with Gasteiger partial charge in [0.2, 0.25) is 0 Å². The molecule has 5 rings (SSSR count). The van der Waals surface area contributed by atoms with Gasteiger partial charge in [0.25, 0.3) is 11.8 Å². The second-order valence-corrected chi connectivity index (χ2v) is 8.48. The molecule has 0 radical (unpaired) electrons. The summed E-state index contributed by atoms with van der Waals surface area (Å²) >= 11 is 0. The Morgan fingerprint density at radius 3 is 2.05 bits per heavy atom. The van der Waals surface area contributed by atoms with Crippen LogP contribution in [0, 0.1) is 0 Å². The molecule has 0 saturated carbocycles. The molecule has 10 nitrogen and oxygen atoms in total. The fourth-order valence-corrected chi connectivity index (χ4v) is 4.48. The summed E-state index contributed by atoms with van der Waals surface area (Å²) in [7, 11) is 4.71. The van der Waals surface area contributed by atoms with E-state index in [9.17, 15) is 9.59 Å². The number of ether oxygens (including phenoxy) is 3. The van der Waals surface area contributed by atoms with Crippen LogP contribution >= 0.6 is 0 Å². The van der Waals surface area contributed by atoms with Crippen LogP contribution < -0.4 is 14.2 Å². The van der Waals surface area contributed by atoms with Crippen molar-refractivity contribution in [2.45, 2.75) is 13.8 Å². The molecule has 1 fully saturated rings. The van der Waals surface area contributed by atoms with E-state index in [4.69, 9.17) is 14.2 Å². The molecule has 1 aliphatic heterocycles. The number of nitrogens with zero attached hydrogens (tertiary/aromatic N) is 5. The minimum absolute atomic E-state index is 0.110.